The number of hydrogen-bond donors (Lipinski definition) is 0. The highest BCUT2D eigenvalue weighted by Crippen LogP contribution is 2.24. The van der Waals surface area contributed by atoms with Gasteiger partial charge in [0.15, 0.2) is 5.82 Å². The SMILES string of the molecule is Fc1cc2ncc(-c3nccc(N4CCCCC4)n3)n2cc1Cl. The van der Waals surface area contributed by atoms with E-state index in [0.29, 0.717) is 17.2 Å². The number of pyridine rings is 1. The van der Waals surface area contributed by atoms with Crippen molar-refractivity contribution in [3.8, 4) is 11.5 Å². The van der Waals surface area contributed by atoms with E-state index in [-0.39, 0.29) is 5.02 Å². The van der Waals surface area contributed by atoms with Crippen LogP contribution < -0.4 is 4.90 Å². The van der Waals surface area contributed by atoms with Gasteiger partial charge in [0.05, 0.1) is 11.2 Å². The number of fused-ring (bicyclic) bond motifs is 1. The Morgan fingerprint density at radius 3 is 2.78 bits per heavy atom. The van der Waals surface area contributed by atoms with Crippen molar-refractivity contribution in [3.05, 3.63) is 41.6 Å². The lowest BCUT2D eigenvalue weighted by Crippen LogP contribution is -2.30. The molecule has 7 heteroatoms. The standard InChI is InChI=1S/C16H15ClFN5/c17-11-10-23-13(9-20-15(23)8-12(11)18)16-19-5-4-14(21-16)22-6-2-1-3-7-22/h4-5,8-10H,1-3,6-7H2. The smallest absolute Gasteiger partial charge is 0.180 e. The molecule has 0 unspecified atom stereocenters. The number of hydrogen-bond acceptors (Lipinski definition) is 4. The predicted octanol–water partition coefficient (Wildman–Crippen LogP) is 3.57. The fourth-order valence-corrected chi connectivity index (χ4v) is 3.06. The normalized spacial score (nSPS) is 15.3. The Morgan fingerprint density at radius 2 is 1.96 bits per heavy atom. The summed E-state index contributed by atoms with van der Waals surface area (Å²) in [5.41, 5.74) is 1.18. The van der Waals surface area contributed by atoms with Crippen LogP contribution in [0.1, 0.15) is 19.3 Å². The first-order valence-corrected chi connectivity index (χ1v) is 8.00. The van der Waals surface area contributed by atoms with Crippen LogP contribution in [0.4, 0.5) is 10.2 Å². The van der Waals surface area contributed by atoms with Crippen LogP contribution in [-0.4, -0.2) is 32.4 Å². The average molecular weight is 332 g/mol. The van der Waals surface area contributed by atoms with Gasteiger partial charge >= 0.3 is 0 Å². The van der Waals surface area contributed by atoms with Gasteiger partial charge in [0.25, 0.3) is 0 Å². The van der Waals surface area contributed by atoms with Gasteiger partial charge in [-0.3, -0.25) is 4.40 Å². The maximum absolute atomic E-state index is 13.5. The first kappa shape index (κ1) is 14.4. The lowest BCUT2D eigenvalue weighted by Gasteiger charge is -2.27. The summed E-state index contributed by atoms with van der Waals surface area (Å²) < 4.78 is 15.3. The first-order valence-electron chi connectivity index (χ1n) is 7.63. The molecule has 118 valence electrons. The molecule has 1 aliphatic rings. The molecule has 0 amide bonds. The van der Waals surface area contributed by atoms with E-state index in [2.05, 4.69) is 19.9 Å². The van der Waals surface area contributed by atoms with Crippen molar-refractivity contribution in [2.45, 2.75) is 19.3 Å². The third-order valence-corrected chi connectivity index (χ3v) is 4.38. The molecule has 0 saturated carbocycles. The molecule has 1 aliphatic heterocycles. The number of halogens is 2. The van der Waals surface area contributed by atoms with E-state index in [1.54, 1.807) is 16.8 Å². The molecule has 3 aromatic rings. The molecule has 4 heterocycles. The van der Waals surface area contributed by atoms with Crippen molar-refractivity contribution in [2.75, 3.05) is 18.0 Å². The monoisotopic (exact) mass is 331 g/mol. The Kier molecular flexibility index (Phi) is 3.61. The Labute approximate surface area is 137 Å². The fourth-order valence-electron chi connectivity index (χ4n) is 2.91. The summed E-state index contributed by atoms with van der Waals surface area (Å²) in [7, 11) is 0. The van der Waals surface area contributed by atoms with Gasteiger partial charge < -0.3 is 4.90 Å². The summed E-state index contributed by atoms with van der Waals surface area (Å²) in [5, 5.41) is 0.0453. The highest BCUT2D eigenvalue weighted by atomic mass is 35.5. The molecular weight excluding hydrogens is 317 g/mol. The Balaban J connectivity index is 1.77. The third-order valence-electron chi connectivity index (χ3n) is 4.10. The maximum Gasteiger partial charge on any atom is 0.180 e. The van der Waals surface area contributed by atoms with Crippen molar-refractivity contribution in [1.29, 1.82) is 0 Å². The van der Waals surface area contributed by atoms with Crippen LogP contribution in [0.3, 0.4) is 0 Å². The lowest BCUT2D eigenvalue weighted by atomic mass is 10.1. The molecule has 0 N–H and O–H groups in total. The molecule has 0 atom stereocenters. The minimum atomic E-state index is -0.487. The van der Waals surface area contributed by atoms with Crippen LogP contribution in [-0.2, 0) is 0 Å². The molecule has 0 aliphatic carbocycles. The lowest BCUT2D eigenvalue weighted by molar-refractivity contribution is 0.573. The average Bonchev–Trinajstić information content (AvgIpc) is 2.99. The molecule has 0 aromatic carbocycles. The number of imidazole rings is 1. The molecule has 3 aromatic heterocycles. The maximum atomic E-state index is 13.5. The summed E-state index contributed by atoms with van der Waals surface area (Å²) >= 11 is 5.88. The Morgan fingerprint density at radius 1 is 1.13 bits per heavy atom. The number of rotatable bonds is 2. The van der Waals surface area contributed by atoms with Crippen molar-refractivity contribution in [2.24, 2.45) is 0 Å². The number of anilines is 1. The summed E-state index contributed by atoms with van der Waals surface area (Å²) in [4.78, 5) is 15.5. The largest absolute Gasteiger partial charge is 0.357 e. The molecule has 0 radical (unpaired) electrons. The van der Waals surface area contributed by atoms with Crippen LogP contribution in [0, 0.1) is 5.82 Å². The van der Waals surface area contributed by atoms with E-state index in [1.165, 1.54) is 31.5 Å². The van der Waals surface area contributed by atoms with Gasteiger partial charge in [-0.2, -0.15) is 0 Å². The first-order chi connectivity index (χ1) is 11.2. The highest BCUT2D eigenvalue weighted by molar-refractivity contribution is 6.30. The highest BCUT2D eigenvalue weighted by Gasteiger charge is 2.15. The van der Waals surface area contributed by atoms with Gasteiger partial charge in [0, 0.05) is 31.5 Å². The molecule has 5 nitrogen and oxygen atoms in total. The Bertz CT molecular complexity index is 857. The summed E-state index contributed by atoms with van der Waals surface area (Å²) in [6.07, 6.45) is 8.53. The van der Waals surface area contributed by atoms with E-state index in [4.69, 9.17) is 11.6 Å². The van der Waals surface area contributed by atoms with Crippen LogP contribution in [0.15, 0.2) is 30.7 Å². The van der Waals surface area contributed by atoms with E-state index >= 15 is 0 Å². The van der Waals surface area contributed by atoms with Gasteiger partial charge in [-0.1, -0.05) is 11.6 Å². The quantitative estimate of drug-likeness (QED) is 0.720. The molecule has 4 rings (SSSR count). The van der Waals surface area contributed by atoms with E-state index in [0.717, 1.165) is 18.9 Å². The molecular formula is C16H15ClFN5. The predicted molar refractivity (Wildman–Crippen MR) is 87.3 cm³/mol. The zero-order valence-electron chi connectivity index (χ0n) is 12.4. The zero-order valence-corrected chi connectivity index (χ0v) is 13.2. The third kappa shape index (κ3) is 2.63. The van der Waals surface area contributed by atoms with Crippen LogP contribution in [0.25, 0.3) is 17.2 Å². The van der Waals surface area contributed by atoms with Gasteiger partial charge in [0.2, 0.25) is 0 Å². The number of piperidine rings is 1. The van der Waals surface area contributed by atoms with Gasteiger partial charge in [-0.25, -0.2) is 19.3 Å². The zero-order chi connectivity index (χ0) is 15.8. The number of aromatic nitrogens is 4. The fraction of sp³-hybridized carbons (Fsp3) is 0.312. The summed E-state index contributed by atoms with van der Waals surface area (Å²) in [5.74, 6) is 0.986. The second-order valence-electron chi connectivity index (χ2n) is 5.63. The van der Waals surface area contributed by atoms with E-state index in [9.17, 15) is 4.39 Å². The second-order valence-corrected chi connectivity index (χ2v) is 6.03. The minimum absolute atomic E-state index is 0.0453. The minimum Gasteiger partial charge on any atom is -0.357 e. The van der Waals surface area contributed by atoms with Crippen molar-refractivity contribution in [3.63, 3.8) is 0 Å². The summed E-state index contributed by atoms with van der Waals surface area (Å²) in [6, 6.07) is 3.23. The van der Waals surface area contributed by atoms with Crippen molar-refractivity contribution < 1.29 is 4.39 Å². The van der Waals surface area contributed by atoms with Crippen LogP contribution >= 0.6 is 11.6 Å². The number of nitrogens with zero attached hydrogens (tertiary/aromatic N) is 5. The van der Waals surface area contributed by atoms with Gasteiger partial charge in [0.1, 0.15) is 23.0 Å². The summed E-state index contributed by atoms with van der Waals surface area (Å²) in [6.45, 7) is 2.03. The van der Waals surface area contributed by atoms with Crippen molar-refractivity contribution >= 4 is 23.1 Å². The molecule has 23 heavy (non-hydrogen) atoms. The Hall–Kier alpha value is -2.21. The van der Waals surface area contributed by atoms with E-state index in [1.807, 2.05) is 6.07 Å². The molecule has 1 saturated heterocycles. The van der Waals surface area contributed by atoms with Crippen LogP contribution in [0.5, 0.6) is 0 Å². The van der Waals surface area contributed by atoms with Gasteiger partial charge in [-0.05, 0) is 25.3 Å². The van der Waals surface area contributed by atoms with E-state index < -0.39 is 5.82 Å². The molecule has 0 spiro atoms. The van der Waals surface area contributed by atoms with Crippen LogP contribution in [0.2, 0.25) is 5.02 Å². The topological polar surface area (TPSA) is 46.3 Å². The second kappa shape index (κ2) is 5.77. The molecule has 0 bridgehead atoms. The molecule has 1 fully saturated rings. The van der Waals surface area contributed by atoms with Crippen molar-refractivity contribution in [1.82, 2.24) is 19.4 Å². The van der Waals surface area contributed by atoms with Gasteiger partial charge in [-0.15, -0.1) is 0 Å².